The third kappa shape index (κ3) is 7.37. The normalized spacial score (nSPS) is 15.9. The number of morpholine rings is 1. The highest BCUT2D eigenvalue weighted by Crippen LogP contribution is 2.14. The SMILES string of the molecule is C/C(=N/NC(=S)NCCN1CCOCC1)c1ccc(OC(C)C)cc1. The summed E-state index contributed by atoms with van der Waals surface area (Å²) in [4.78, 5) is 2.36. The Morgan fingerprint density at radius 2 is 1.96 bits per heavy atom. The molecular weight excluding hydrogens is 336 g/mol. The van der Waals surface area contributed by atoms with Crippen LogP contribution in [0.2, 0.25) is 0 Å². The Bertz CT molecular complexity index is 569. The van der Waals surface area contributed by atoms with Gasteiger partial charge in [0.05, 0.1) is 25.0 Å². The molecule has 0 saturated carbocycles. The summed E-state index contributed by atoms with van der Waals surface area (Å²) >= 11 is 5.26. The highest BCUT2D eigenvalue weighted by atomic mass is 32.1. The van der Waals surface area contributed by atoms with Crippen LogP contribution in [0.15, 0.2) is 29.4 Å². The predicted molar refractivity (Wildman–Crippen MR) is 105 cm³/mol. The zero-order valence-corrected chi connectivity index (χ0v) is 16.1. The van der Waals surface area contributed by atoms with Gasteiger partial charge in [0.1, 0.15) is 5.75 Å². The van der Waals surface area contributed by atoms with Crippen molar-refractivity contribution in [3.05, 3.63) is 29.8 Å². The first-order chi connectivity index (χ1) is 12.0. The minimum Gasteiger partial charge on any atom is -0.491 e. The molecule has 1 aliphatic rings. The average Bonchev–Trinajstić information content (AvgIpc) is 2.61. The molecule has 0 radical (unpaired) electrons. The Hall–Kier alpha value is -1.70. The van der Waals surface area contributed by atoms with Crippen LogP contribution in [0.25, 0.3) is 0 Å². The van der Waals surface area contributed by atoms with Crippen molar-refractivity contribution in [2.45, 2.75) is 26.9 Å². The molecule has 25 heavy (non-hydrogen) atoms. The number of nitrogens with zero attached hydrogens (tertiary/aromatic N) is 2. The molecule has 2 rings (SSSR count). The number of hydrogen-bond donors (Lipinski definition) is 2. The van der Waals surface area contributed by atoms with Crippen molar-refractivity contribution in [1.82, 2.24) is 15.6 Å². The van der Waals surface area contributed by atoms with Crippen LogP contribution in [0.5, 0.6) is 5.75 Å². The van der Waals surface area contributed by atoms with Gasteiger partial charge in [-0.05, 0) is 62.8 Å². The van der Waals surface area contributed by atoms with Crippen LogP contribution in [0.4, 0.5) is 0 Å². The molecule has 1 aliphatic heterocycles. The lowest BCUT2D eigenvalue weighted by molar-refractivity contribution is 0.0389. The van der Waals surface area contributed by atoms with E-state index in [0.717, 1.165) is 56.4 Å². The minimum absolute atomic E-state index is 0.170. The average molecular weight is 365 g/mol. The van der Waals surface area contributed by atoms with Gasteiger partial charge < -0.3 is 14.8 Å². The highest BCUT2D eigenvalue weighted by molar-refractivity contribution is 7.80. The summed E-state index contributed by atoms with van der Waals surface area (Å²) < 4.78 is 11.0. The number of hydrogen-bond acceptors (Lipinski definition) is 5. The number of thiocarbonyl (C=S) groups is 1. The number of hydrazone groups is 1. The van der Waals surface area contributed by atoms with Crippen molar-refractivity contribution in [2.75, 3.05) is 39.4 Å². The maximum atomic E-state index is 5.64. The van der Waals surface area contributed by atoms with Crippen LogP contribution in [0.3, 0.4) is 0 Å². The Labute approximate surface area is 155 Å². The van der Waals surface area contributed by atoms with Gasteiger partial charge in [-0.1, -0.05) is 0 Å². The van der Waals surface area contributed by atoms with Gasteiger partial charge in [-0.2, -0.15) is 5.10 Å². The summed E-state index contributed by atoms with van der Waals surface area (Å²) in [5.41, 5.74) is 4.80. The largest absolute Gasteiger partial charge is 0.491 e. The Balaban J connectivity index is 1.72. The quantitative estimate of drug-likeness (QED) is 0.438. The molecule has 1 fully saturated rings. The first-order valence-corrected chi connectivity index (χ1v) is 9.11. The molecule has 7 heteroatoms. The van der Waals surface area contributed by atoms with E-state index in [2.05, 4.69) is 20.7 Å². The third-order valence-electron chi connectivity index (χ3n) is 3.79. The Morgan fingerprint density at radius 1 is 1.28 bits per heavy atom. The van der Waals surface area contributed by atoms with Crippen LogP contribution < -0.4 is 15.5 Å². The van der Waals surface area contributed by atoms with E-state index >= 15 is 0 Å². The van der Waals surface area contributed by atoms with E-state index in [1.165, 1.54) is 0 Å². The smallest absolute Gasteiger partial charge is 0.187 e. The van der Waals surface area contributed by atoms with Gasteiger partial charge in [0.25, 0.3) is 0 Å². The van der Waals surface area contributed by atoms with Crippen molar-refractivity contribution in [2.24, 2.45) is 5.10 Å². The first kappa shape index (κ1) is 19.6. The van der Waals surface area contributed by atoms with E-state index < -0.39 is 0 Å². The predicted octanol–water partition coefficient (Wildman–Crippen LogP) is 1.99. The maximum Gasteiger partial charge on any atom is 0.187 e. The lowest BCUT2D eigenvalue weighted by Gasteiger charge is -2.26. The molecule has 0 bridgehead atoms. The lowest BCUT2D eigenvalue weighted by Crippen LogP contribution is -2.42. The molecule has 0 atom stereocenters. The van der Waals surface area contributed by atoms with E-state index in [0.29, 0.717) is 5.11 Å². The summed E-state index contributed by atoms with van der Waals surface area (Å²) in [6, 6.07) is 7.89. The highest BCUT2D eigenvalue weighted by Gasteiger charge is 2.09. The maximum absolute atomic E-state index is 5.64. The van der Waals surface area contributed by atoms with Crippen LogP contribution in [0, 0.1) is 0 Å². The second kappa shape index (κ2) is 10.3. The van der Waals surface area contributed by atoms with Gasteiger partial charge in [-0.25, -0.2) is 0 Å². The van der Waals surface area contributed by atoms with Crippen molar-refractivity contribution >= 4 is 23.0 Å². The van der Waals surface area contributed by atoms with Crippen molar-refractivity contribution in [3.63, 3.8) is 0 Å². The third-order valence-corrected chi connectivity index (χ3v) is 4.02. The van der Waals surface area contributed by atoms with E-state index in [1.54, 1.807) is 0 Å². The van der Waals surface area contributed by atoms with E-state index in [-0.39, 0.29) is 6.10 Å². The van der Waals surface area contributed by atoms with Gasteiger partial charge in [-0.15, -0.1) is 0 Å². The van der Waals surface area contributed by atoms with Crippen molar-refractivity contribution < 1.29 is 9.47 Å². The first-order valence-electron chi connectivity index (χ1n) is 8.70. The molecule has 0 spiro atoms. The fourth-order valence-corrected chi connectivity index (χ4v) is 2.59. The van der Waals surface area contributed by atoms with E-state index in [1.807, 2.05) is 45.0 Å². The number of benzene rings is 1. The number of nitrogens with one attached hydrogen (secondary N) is 2. The topological polar surface area (TPSA) is 58.1 Å². The standard InChI is InChI=1S/C18H28N4O2S/c1-14(2)24-17-6-4-16(5-7-17)15(3)20-21-18(25)19-8-9-22-10-12-23-13-11-22/h4-7,14H,8-13H2,1-3H3,(H2,19,21,25)/b20-15-. The van der Waals surface area contributed by atoms with E-state index in [9.17, 15) is 0 Å². The molecule has 0 unspecified atom stereocenters. The molecule has 0 aromatic heterocycles. The molecule has 1 heterocycles. The summed E-state index contributed by atoms with van der Waals surface area (Å²) in [7, 11) is 0. The second-order valence-corrected chi connectivity index (χ2v) is 6.62. The number of ether oxygens (including phenoxy) is 2. The Morgan fingerprint density at radius 3 is 2.60 bits per heavy atom. The molecule has 1 saturated heterocycles. The van der Waals surface area contributed by atoms with Crippen LogP contribution in [-0.4, -0.2) is 61.2 Å². The fourth-order valence-electron chi connectivity index (χ4n) is 2.44. The van der Waals surface area contributed by atoms with Gasteiger partial charge in [0.2, 0.25) is 0 Å². The zero-order chi connectivity index (χ0) is 18.1. The molecular formula is C18H28N4O2S. The molecule has 6 nitrogen and oxygen atoms in total. The monoisotopic (exact) mass is 364 g/mol. The Kier molecular flexibility index (Phi) is 8.11. The zero-order valence-electron chi connectivity index (χ0n) is 15.2. The molecule has 2 N–H and O–H groups in total. The summed E-state index contributed by atoms with van der Waals surface area (Å²) in [6.07, 6.45) is 0.170. The van der Waals surface area contributed by atoms with Gasteiger partial charge in [-0.3, -0.25) is 10.3 Å². The molecule has 0 amide bonds. The van der Waals surface area contributed by atoms with Crippen molar-refractivity contribution in [3.8, 4) is 5.75 Å². The summed E-state index contributed by atoms with van der Waals surface area (Å²) in [5.74, 6) is 0.861. The van der Waals surface area contributed by atoms with Crippen LogP contribution in [0.1, 0.15) is 26.3 Å². The van der Waals surface area contributed by atoms with Crippen molar-refractivity contribution in [1.29, 1.82) is 0 Å². The molecule has 1 aromatic rings. The van der Waals surface area contributed by atoms with Crippen LogP contribution >= 0.6 is 12.2 Å². The fraction of sp³-hybridized carbons (Fsp3) is 0.556. The van der Waals surface area contributed by atoms with E-state index in [4.69, 9.17) is 21.7 Å². The van der Waals surface area contributed by atoms with Gasteiger partial charge >= 0.3 is 0 Å². The van der Waals surface area contributed by atoms with Gasteiger partial charge in [0.15, 0.2) is 5.11 Å². The minimum atomic E-state index is 0.170. The number of rotatable bonds is 7. The molecule has 0 aliphatic carbocycles. The molecule has 138 valence electrons. The molecule has 1 aromatic carbocycles. The summed E-state index contributed by atoms with van der Waals surface area (Å²) in [5, 5.41) is 8.05. The van der Waals surface area contributed by atoms with Crippen LogP contribution in [-0.2, 0) is 4.74 Å². The van der Waals surface area contributed by atoms with Gasteiger partial charge in [0, 0.05) is 26.2 Å². The second-order valence-electron chi connectivity index (χ2n) is 6.21. The lowest BCUT2D eigenvalue weighted by atomic mass is 10.1. The summed E-state index contributed by atoms with van der Waals surface area (Å²) in [6.45, 7) is 11.3.